The molecule has 2 aromatic rings. The average molecular weight is 338 g/mol. The van der Waals surface area contributed by atoms with Crippen molar-refractivity contribution >= 4 is 11.6 Å². The predicted octanol–water partition coefficient (Wildman–Crippen LogP) is 3.89. The first-order valence-corrected chi connectivity index (χ1v) is 8.42. The predicted molar refractivity (Wildman–Crippen MR) is 95.3 cm³/mol. The molecule has 4 heteroatoms. The molecule has 0 aliphatic heterocycles. The van der Waals surface area contributed by atoms with E-state index in [-0.39, 0.29) is 29.8 Å². The number of ether oxygens (including phenoxy) is 2. The van der Waals surface area contributed by atoms with Gasteiger partial charge in [-0.3, -0.25) is 9.59 Å². The minimum atomic E-state index is -0.0155. The van der Waals surface area contributed by atoms with Crippen LogP contribution in [0.3, 0.4) is 0 Å². The van der Waals surface area contributed by atoms with Gasteiger partial charge in [0, 0.05) is 12.8 Å². The lowest BCUT2D eigenvalue weighted by molar-refractivity contribution is -0.126. The summed E-state index contributed by atoms with van der Waals surface area (Å²) >= 11 is 0. The second-order valence-corrected chi connectivity index (χ2v) is 6.42. The van der Waals surface area contributed by atoms with Crippen molar-refractivity contribution in [2.45, 2.75) is 31.1 Å². The smallest absolute Gasteiger partial charge is 0.140 e. The van der Waals surface area contributed by atoms with E-state index in [1.165, 1.54) is 0 Å². The molecule has 0 radical (unpaired) electrons. The number of hydrogen-bond donors (Lipinski definition) is 0. The highest BCUT2D eigenvalue weighted by Gasteiger charge is 2.33. The van der Waals surface area contributed by atoms with Gasteiger partial charge >= 0.3 is 0 Å². The van der Waals surface area contributed by atoms with Crippen LogP contribution < -0.4 is 9.47 Å². The minimum absolute atomic E-state index is 0.0155. The summed E-state index contributed by atoms with van der Waals surface area (Å²) in [5.74, 6) is 1.56. The summed E-state index contributed by atoms with van der Waals surface area (Å²) in [6.45, 7) is 0. The van der Waals surface area contributed by atoms with E-state index in [1.807, 2.05) is 48.5 Å². The molecule has 2 atom stereocenters. The SMILES string of the molecule is COc1ccc([C@H]2CC(=O)CC(=O)C[C@H]2c2ccc(OC)cc2)cc1. The van der Waals surface area contributed by atoms with Crippen molar-refractivity contribution in [1.82, 2.24) is 0 Å². The van der Waals surface area contributed by atoms with Crippen LogP contribution in [-0.2, 0) is 9.59 Å². The van der Waals surface area contributed by atoms with Gasteiger partial charge < -0.3 is 9.47 Å². The summed E-state index contributed by atoms with van der Waals surface area (Å²) in [5, 5.41) is 0. The van der Waals surface area contributed by atoms with Gasteiger partial charge in [0.2, 0.25) is 0 Å². The van der Waals surface area contributed by atoms with Gasteiger partial charge in [-0.2, -0.15) is 0 Å². The van der Waals surface area contributed by atoms with E-state index in [0.717, 1.165) is 22.6 Å². The van der Waals surface area contributed by atoms with Crippen molar-refractivity contribution < 1.29 is 19.1 Å². The van der Waals surface area contributed by atoms with Crippen LogP contribution in [0.4, 0.5) is 0 Å². The normalized spacial score (nSPS) is 20.9. The second-order valence-electron chi connectivity index (χ2n) is 6.42. The van der Waals surface area contributed by atoms with E-state index < -0.39 is 0 Å². The molecule has 130 valence electrons. The van der Waals surface area contributed by atoms with Gasteiger partial charge in [-0.1, -0.05) is 24.3 Å². The Kier molecular flexibility index (Phi) is 5.17. The standard InChI is InChI=1S/C21H22O4/c1-24-18-7-3-14(4-8-18)20-12-16(22)11-17(23)13-21(20)15-5-9-19(25-2)10-6-15/h3-10,20-21H,11-13H2,1-2H3/t20-,21+. The van der Waals surface area contributed by atoms with Crippen molar-refractivity contribution in [2.75, 3.05) is 14.2 Å². The molecule has 0 spiro atoms. The Morgan fingerprint density at radius 2 is 1.04 bits per heavy atom. The van der Waals surface area contributed by atoms with E-state index in [1.54, 1.807) is 14.2 Å². The molecular weight excluding hydrogens is 316 g/mol. The third kappa shape index (κ3) is 3.90. The molecule has 0 saturated heterocycles. The van der Waals surface area contributed by atoms with Crippen LogP contribution in [0, 0.1) is 0 Å². The summed E-state index contributed by atoms with van der Waals surface area (Å²) in [6.07, 6.45) is 0.808. The van der Waals surface area contributed by atoms with Crippen molar-refractivity contribution in [1.29, 1.82) is 0 Å². The molecule has 1 aliphatic rings. The lowest BCUT2D eigenvalue weighted by Gasteiger charge is -2.25. The second kappa shape index (κ2) is 7.51. The molecule has 1 saturated carbocycles. The molecule has 0 aromatic heterocycles. The highest BCUT2D eigenvalue weighted by Crippen LogP contribution is 2.41. The Balaban J connectivity index is 1.98. The van der Waals surface area contributed by atoms with E-state index in [0.29, 0.717) is 12.8 Å². The first-order valence-electron chi connectivity index (χ1n) is 8.42. The van der Waals surface area contributed by atoms with Crippen molar-refractivity contribution in [3.63, 3.8) is 0 Å². The number of rotatable bonds is 4. The molecule has 0 unspecified atom stereocenters. The highest BCUT2D eigenvalue weighted by molar-refractivity contribution is 6.00. The third-order valence-corrected chi connectivity index (χ3v) is 4.86. The zero-order chi connectivity index (χ0) is 17.8. The van der Waals surface area contributed by atoms with Gasteiger partial charge in [0.05, 0.1) is 20.6 Å². The van der Waals surface area contributed by atoms with Crippen molar-refractivity contribution in [2.24, 2.45) is 0 Å². The van der Waals surface area contributed by atoms with E-state index >= 15 is 0 Å². The van der Waals surface area contributed by atoms with Crippen molar-refractivity contribution in [3.05, 3.63) is 59.7 Å². The zero-order valence-electron chi connectivity index (χ0n) is 14.5. The number of ketones is 2. The maximum Gasteiger partial charge on any atom is 0.140 e. The Morgan fingerprint density at radius 1 is 0.680 bits per heavy atom. The molecule has 1 aliphatic carbocycles. The molecule has 0 bridgehead atoms. The molecule has 0 amide bonds. The fraction of sp³-hybridized carbons (Fsp3) is 0.333. The van der Waals surface area contributed by atoms with Gasteiger partial charge in [0.1, 0.15) is 23.1 Å². The lowest BCUT2D eigenvalue weighted by atomic mass is 9.78. The van der Waals surface area contributed by atoms with Gasteiger partial charge in [-0.25, -0.2) is 0 Å². The molecule has 25 heavy (non-hydrogen) atoms. The number of carbonyl (C=O) groups is 2. The van der Waals surface area contributed by atoms with Gasteiger partial charge in [-0.15, -0.1) is 0 Å². The molecular formula is C21H22O4. The van der Waals surface area contributed by atoms with Crippen LogP contribution >= 0.6 is 0 Å². The molecule has 2 aromatic carbocycles. The van der Waals surface area contributed by atoms with E-state index in [9.17, 15) is 9.59 Å². The van der Waals surface area contributed by atoms with Gasteiger partial charge in [-0.05, 0) is 47.2 Å². The van der Waals surface area contributed by atoms with Gasteiger partial charge in [0.15, 0.2) is 0 Å². The summed E-state index contributed by atoms with van der Waals surface area (Å²) in [7, 11) is 3.26. The molecule has 0 N–H and O–H groups in total. The monoisotopic (exact) mass is 338 g/mol. The van der Waals surface area contributed by atoms with E-state index in [2.05, 4.69) is 0 Å². The van der Waals surface area contributed by atoms with Crippen LogP contribution in [0.25, 0.3) is 0 Å². The lowest BCUT2D eigenvalue weighted by Crippen LogP contribution is -2.13. The molecule has 3 rings (SSSR count). The summed E-state index contributed by atoms with van der Waals surface area (Å²) < 4.78 is 10.4. The largest absolute Gasteiger partial charge is 0.497 e. The summed E-state index contributed by atoms with van der Waals surface area (Å²) in [6, 6.07) is 15.6. The zero-order valence-corrected chi connectivity index (χ0v) is 14.5. The topological polar surface area (TPSA) is 52.6 Å². The Bertz CT molecular complexity index is 681. The third-order valence-electron chi connectivity index (χ3n) is 4.86. The highest BCUT2D eigenvalue weighted by atomic mass is 16.5. The Morgan fingerprint density at radius 3 is 1.36 bits per heavy atom. The Labute approximate surface area is 147 Å². The van der Waals surface area contributed by atoms with Crippen LogP contribution in [-0.4, -0.2) is 25.8 Å². The van der Waals surface area contributed by atoms with Gasteiger partial charge in [0.25, 0.3) is 0 Å². The van der Waals surface area contributed by atoms with Crippen LogP contribution in [0.1, 0.15) is 42.2 Å². The first kappa shape index (κ1) is 17.2. The molecule has 4 nitrogen and oxygen atoms in total. The number of Topliss-reactive ketones (excluding diaryl/α,β-unsaturated/α-hetero) is 2. The maximum absolute atomic E-state index is 12.2. The quantitative estimate of drug-likeness (QED) is 0.627. The number of hydrogen-bond acceptors (Lipinski definition) is 4. The summed E-state index contributed by atoms with van der Waals surface area (Å²) in [5.41, 5.74) is 2.12. The van der Waals surface area contributed by atoms with Crippen LogP contribution in [0.5, 0.6) is 11.5 Å². The number of carbonyl (C=O) groups excluding carboxylic acids is 2. The minimum Gasteiger partial charge on any atom is -0.497 e. The van der Waals surface area contributed by atoms with Crippen LogP contribution in [0.15, 0.2) is 48.5 Å². The number of methoxy groups -OCH3 is 2. The summed E-state index contributed by atoms with van der Waals surface area (Å²) in [4.78, 5) is 24.4. The van der Waals surface area contributed by atoms with Crippen molar-refractivity contribution in [3.8, 4) is 11.5 Å². The number of benzene rings is 2. The fourth-order valence-electron chi connectivity index (χ4n) is 3.54. The molecule has 1 fully saturated rings. The maximum atomic E-state index is 12.2. The van der Waals surface area contributed by atoms with E-state index in [4.69, 9.17) is 9.47 Å². The first-order chi connectivity index (χ1) is 12.1. The van der Waals surface area contributed by atoms with Crippen LogP contribution in [0.2, 0.25) is 0 Å². The molecule has 0 heterocycles. The average Bonchev–Trinajstić information content (AvgIpc) is 2.79. The fourth-order valence-corrected chi connectivity index (χ4v) is 3.54. The Hall–Kier alpha value is -2.62.